The molecular weight excluding hydrogens is 334 g/mol. The molecule has 1 aromatic rings. The normalized spacial score (nSPS) is 13.1. The second kappa shape index (κ2) is 6.49. The van der Waals surface area contributed by atoms with E-state index in [1.165, 1.54) is 7.11 Å². The van der Waals surface area contributed by atoms with E-state index in [1.807, 2.05) is 13.0 Å². The highest BCUT2D eigenvalue weighted by Crippen LogP contribution is 2.16. The van der Waals surface area contributed by atoms with Crippen LogP contribution in [0.25, 0.3) is 0 Å². The van der Waals surface area contributed by atoms with Crippen LogP contribution >= 0.6 is 15.9 Å². The van der Waals surface area contributed by atoms with Crippen molar-refractivity contribution in [3.8, 4) is 0 Å². The molecule has 7 heteroatoms. The first-order valence-electron chi connectivity index (χ1n) is 5.56. The van der Waals surface area contributed by atoms with Gasteiger partial charge >= 0.3 is 5.97 Å². The number of rotatable bonds is 5. The lowest BCUT2D eigenvalue weighted by Crippen LogP contribution is -2.34. The summed E-state index contributed by atoms with van der Waals surface area (Å²) >= 11 is 3.06. The Kier molecular flexibility index (Phi) is 5.51. The molecule has 0 aliphatic rings. The number of esters is 1. The number of hydrogen-bond donors (Lipinski definition) is 1. The first-order valence-corrected chi connectivity index (χ1v) is 7.96. The van der Waals surface area contributed by atoms with Crippen molar-refractivity contribution in [2.24, 2.45) is 0 Å². The van der Waals surface area contributed by atoms with Crippen molar-refractivity contribution in [1.82, 2.24) is 4.72 Å². The Balaban J connectivity index is 2.87. The van der Waals surface area contributed by atoms with Gasteiger partial charge in [0.05, 0.1) is 12.0 Å². The van der Waals surface area contributed by atoms with Crippen LogP contribution in [-0.2, 0) is 19.6 Å². The van der Waals surface area contributed by atoms with Gasteiger partial charge in [0.1, 0.15) is 4.83 Å². The van der Waals surface area contributed by atoms with Gasteiger partial charge in [-0.15, -0.1) is 0 Å². The fourth-order valence-corrected chi connectivity index (χ4v) is 3.41. The molecule has 106 valence electrons. The summed E-state index contributed by atoms with van der Waals surface area (Å²) in [6, 6.07) is 5.19. The molecule has 1 aromatic carbocycles. The fourth-order valence-electron chi connectivity index (χ4n) is 1.47. The summed E-state index contributed by atoms with van der Waals surface area (Å²) < 4.78 is 31.2. The van der Waals surface area contributed by atoms with Gasteiger partial charge in [-0.25, -0.2) is 13.1 Å². The minimum Gasteiger partial charge on any atom is -0.468 e. The van der Waals surface area contributed by atoms with E-state index in [4.69, 9.17) is 0 Å². The summed E-state index contributed by atoms with van der Waals surface area (Å²) in [5.41, 5.74) is 1.51. The molecule has 1 N–H and O–H groups in total. The zero-order chi connectivity index (χ0) is 14.6. The molecule has 1 atom stereocenters. The standard InChI is InChI=1S/C12H16BrNO4S/c1-8-4-5-9(2)11(6-8)19(16,17)14-7-10(13)12(15)18-3/h4-6,10,14H,7H2,1-3H3. The van der Waals surface area contributed by atoms with Crippen molar-refractivity contribution in [3.63, 3.8) is 0 Å². The molecule has 1 rings (SSSR count). The lowest BCUT2D eigenvalue weighted by Gasteiger charge is -2.12. The van der Waals surface area contributed by atoms with Crippen LogP contribution in [0.2, 0.25) is 0 Å². The maximum Gasteiger partial charge on any atom is 0.320 e. The van der Waals surface area contributed by atoms with E-state index in [1.54, 1.807) is 19.1 Å². The average molecular weight is 350 g/mol. The third kappa shape index (κ3) is 4.29. The second-order valence-electron chi connectivity index (χ2n) is 4.11. The van der Waals surface area contributed by atoms with Crippen molar-refractivity contribution in [1.29, 1.82) is 0 Å². The van der Waals surface area contributed by atoms with Gasteiger partial charge in [-0.3, -0.25) is 4.79 Å². The summed E-state index contributed by atoms with van der Waals surface area (Å²) in [5.74, 6) is -0.524. The fraction of sp³-hybridized carbons (Fsp3) is 0.417. The van der Waals surface area contributed by atoms with Crippen LogP contribution in [0, 0.1) is 13.8 Å². The van der Waals surface area contributed by atoms with Gasteiger partial charge in [-0.1, -0.05) is 28.1 Å². The van der Waals surface area contributed by atoms with E-state index in [0.717, 1.165) is 5.56 Å². The lowest BCUT2D eigenvalue weighted by molar-refractivity contribution is -0.139. The Hall–Kier alpha value is -0.920. The van der Waals surface area contributed by atoms with Crippen molar-refractivity contribution in [2.75, 3.05) is 13.7 Å². The number of carbonyl (C=O) groups is 1. The van der Waals surface area contributed by atoms with Gasteiger partial charge in [-0.05, 0) is 31.0 Å². The Morgan fingerprint density at radius 3 is 2.63 bits per heavy atom. The topological polar surface area (TPSA) is 72.5 Å². The van der Waals surface area contributed by atoms with Crippen LogP contribution in [0.5, 0.6) is 0 Å². The van der Waals surface area contributed by atoms with E-state index in [-0.39, 0.29) is 11.4 Å². The van der Waals surface area contributed by atoms with Gasteiger partial charge in [0.15, 0.2) is 0 Å². The first-order chi connectivity index (χ1) is 8.77. The van der Waals surface area contributed by atoms with Crippen molar-refractivity contribution >= 4 is 31.9 Å². The number of nitrogens with one attached hydrogen (secondary N) is 1. The SMILES string of the molecule is COC(=O)C(Br)CNS(=O)(=O)c1cc(C)ccc1C. The number of halogens is 1. The highest BCUT2D eigenvalue weighted by atomic mass is 79.9. The van der Waals surface area contributed by atoms with Gasteiger partial charge in [0.25, 0.3) is 0 Å². The Morgan fingerprint density at radius 2 is 2.05 bits per heavy atom. The number of benzene rings is 1. The molecule has 0 aromatic heterocycles. The van der Waals surface area contributed by atoms with E-state index in [0.29, 0.717) is 5.56 Å². The van der Waals surface area contributed by atoms with Crippen LogP contribution < -0.4 is 4.72 Å². The number of hydrogen-bond acceptors (Lipinski definition) is 4. The molecule has 0 bridgehead atoms. The molecule has 0 radical (unpaired) electrons. The van der Waals surface area contributed by atoms with E-state index in [2.05, 4.69) is 25.4 Å². The number of sulfonamides is 1. The molecule has 0 saturated carbocycles. The van der Waals surface area contributed by atoms with Gasteiger partial charge < -0.3 is 4.74 Å². The number of methoxy groups -OCH3 is 1. The minimum atomic E-state index is -3.64. The molecule has 1 unspecified atom stereocenters. The zero-order valence-corrected chi connectivity index (χ0v) is 13.3. The molecule has 0 spiro atoms. The van der Waals surface area contributed by atoms with Gasteiger partial charge in [0.2, 0.25) is 10.0 Å². The predicted octanol–water partition coefficient (Wildman–Crippen LogP) is 1.52. The number of aryl methyl sites for hydroxylation is 2. The molecule has 0 fully saturated rings. The quantitative estimate of drug-likeness (QED) is 0.646. The highest BCUT2D eigenvalue weighted by Gasteiger charge is 2.21. The third-order valence-electron chi connectivity index (χ3n) is 2.54. The summed E-state index contributed by atoms with van der Waals surface area (Å²) in [5, 5.41) is 0. The number of carbonyl (C=O) groups excluding carboxylic acids is 1. The molecule has 19 heavy (non-hydrogen) atoms. The summed E-state index contributed by atoms with van der Waals surface area (Å²) in [7, 11) is -2.39. The maximum absolute atomic E-state index is 12.1. The van der Waals surface area contributed by atoms with Crippen LogP contribution in [0.4, 0.5) is 0 Å². The van der Waals surface area contributed by atoms with E-state index >= 15 is 0 Å². The smallest absolute Gasteiger partial charge is 0.320 e. The summed E-state index contributed by atoms with van der Waals surface area (Å²) in [6.07, 6.45) is 0. The number of alkyl halides is 1. The Bertz CT molecular complexity index is 571. The van der Waals surface area contributed by atoms with Gasteiger partial charge in [0, 0.05) is 6.54 Å². The summed E-state index contributed by atoms with van der Waals surface area (Å²) in [4.78, 5) is 10.7. The highest BCUT2D eigenvalue weighted by molar-refractivity contribution is 9.10. The minimum absolute atomic E-state index is 0.0671. The molecule has 0 heterocycles. The Labute approximate surface area is 121 Å². The molecular formula is C12H16BrNO4S. The second-order valence-corrected chi connectivity index (χ2v) is 6.95. The molecule has 0 aliphatic heterocycles. The summed E-state index contributed by atoms with van der Waals surface area (Å²) in [6.45, 7) is 3.47. The monoisotopic (exact) mass is 349 g/mol. The average Bonchev–Trinajstić information content (AvgIpc) is 2.37. The molecule has 0 amide bonds. The van der Waals surface area contributed by atoms with Crippen LogP contribution in [0.15, 0.2) is 23.1 Å². The van der Waals surface area contributed by atoms with Crippen molar-refractivity contribution < 1.29 is 17.9 Å². The van der Waals surface area contributed by atoms with E-state index in [9.17, 15) is 13.2 Å². The lowest BCUT2D eigenvalue weighted by atomic mass is 10.2. The van der Waals surface area contributed by atoms with Gasteiger partial charge in [-0.2, -0.15) is 0 Å². The van der Waals surface area contributed by atoms with Crippen LogP contribution in [0.3, 0.4) is 0 Å². The third-order valence-corrected chi connectivity index (χ3v) is 4.81. The largest absolute Gasteiger partial charge is 0.468 e. The maximum atomic E-state index is 12.1. The predicted molar refractivity (Wildman–Crippen MR) is 75.8 cm³/mol. The van der Waals surface area contributed by atoms with Crippen molar-refractivity contribution in [3.05, 3.63) is 29.3 Å². The molecule has 0 aliphatic carbocycles. The van der Waals surface area contributed by atoms with Crippen LogP contribution in [0.1, 0.15) is 11.1 Å². The van der Waals surface area contributed by atoms with Crippen molar-refractivity contribution in [2.45, 2.75) is 23.6 Å². The molecule has 0 saturated heterocycles. The van der Waals surface area contributed by atoms with Crippen LogP contribution in [-0.4, -0.2) is 32.9 Å². The first kappa shape index (κ1) is 16.1. The zero-order valence-electron chi connectivity index (χ0n) is 10.9. The van der Waals surface area contributed by atoms with E-state index < -0.39 is 20.8 Å². The molecule has 5 nitrogen and oxygen atoms in total. The Morgan fingerprint density at radius 1 is 1.42 bits per heavy atom. The number of ether oxygens (including phenoxy) is 1.